The molecule has 4 rings (SSSR count). The first-order valence-corrected chi connectivity index (χ1v) is 17.2. The molecule has 0 N–H and O–H groups in total. The summed E-state index contributed by atoms with van der Waals surface area (Å²) in [6.45, 7) is 5.59. The van der Waals surface area contributed by atoms with Gasteiger partial charge in [-0.2, -0.15) is 0 Å². The van der Waals surface area contributed by atoms with E-state index in [0.717, 1.165) is 28.2 Å². The summed E-state index contributed by atoms with van der Waals surface area (Å²) >= 11 is 3.65. The molecule has 0 bridgehead atoms. The summed E-state index contributed by atoms with van der Waals surface area (Å²) in [5.74, 6) is 1.40. The molecule has 0 amide bonds. The lowest BCUT2D eigenvalue weighted by atomic mass is 10.1. The molecule has 0 aromatic heterocycles. The minimum atomic E-state index is -0.728. The van der Waals surface area contributed by atoms with Crippen LogP contribution in [0.5, 0.6) is 0 Å². The minimum absolute atomic E-state index is 0.0431. The molecule has 3 unspecified atom stereocenters. The Labute approximate surface area is 270 Å². The molecule has 3 atom stereocenters. The zero-order valence-corrected chi connectivity index (χ0v) is 27.1. The lowest BCUT2D eigenvalue weighted by Gasteiger charge is -2.37. The van der Waals surface area contributed by atoms with Gasteiger partial charge in [-0.25, -0.2) is 4.79 Å². The van der Waals surface area contributed by atoms with E-state index in [2.05, 4.69) is 26.0 Å². The van der Waals surface area contributed by atoms with Crippen molar-refractivity contribution in [2.75, 3.05) is 18.1 Å². The van der Waals surface area contributed by atoms with Gasteiger partial charge >= 0.3 is 5.97 Å². The minimum Gasteiger partial charge on any atom is -0.453 e. The van der Waals surface area contributed by atoms with Crippen molar-refractivity contribution in [2.24, 2.45) is 0 Å². The van der Waals surface area contributed by atoms with Crippen LogP contribution in [0.4, 0.5) is 0 Å². The van der Waals surface area contributed by atoms with Gasteiger partial charge in [-0.1, -0.05) is 123 Å². The molecule has 0 aliphatic heterocycles. The van der Waals surface area contributed by atoms with E-state index in [-0.39, 0.29) is 11.2 Å². The van der Waals surface area contributed by atoms with Gasteiger partial charge in [0.05, 0.1) is 36.6 Å². The van der Waals surface area contributed by atoms with Crippen molar-refractivity contribution in [3.05, 3.63) is 144 Å². The van der Waals surface area contributed by atoms with Crippen molar-refractivity contribution in [3.8, 4) is 0 Å². The predicted octanol–water partition coefficient (Wildman–Crippen LogP) is 8.43. The van der Waals surface area contributed by atoms with Crippen molar-refractivity contribution in [3.63, 3.8) is 0 Å². The first kappa shape index (κ1) is 33.8. The van der Waals surface area contributed by atoms with Crippen LogP contribution >= 0.6 is 23.5 Å². The quantitative estimate of drug-likeness (QED) is 0.0761. The number of thioether (sulfide) groups is 2. The van der Waals surface area contributed by atoms with E-state index in [0.29, 0.717) is 25.4 Å². The predicted molar refractivity (Wildman–Crippen MR) is 182 cm³/mol. The Bertz CT molecular complexity index is 1320. The van der Waals surface area contributed by atoms with Crippen molar-refractivity contribution in [1.29, 1.82) is 0 Å². The molecule has 0 saturated carbocycles. The number of esters is 1. The van der Waals surface area contributed by atoms with Crippen LogP contribution < -0.4 is 0 Å². The second-order valence-corrected chi connectivity index (χ2v) is 13.2. The van der Waals surface area contributed by atoms with E-state index < -0.39 is 24.3 Å². The molecule has 0 aliphatic rings. The Balaban J connectivity index is 1.68. The van der Waals surface area contributed by atoms with E-state index in [9.17, 15) is 4.79 Å². The van der Waals surface area contributed by atoms with Crippen molar-refractivity contribution < 1.29 is 23.7 Å². The van der Waals surface area contributed by atoms with Gasteiger partial charge in [-0.3, -0.25) is 0 Å². The third kappa shape index (κ3) is 11.1. The highest BCUT2D eigenvalue weighted by molar-refractivity contribution is 8.17. The summed E-state index contributed by atoms with van der Waals surface area (Å²) in [5, 5.41) is 0. The zero-order valence-electron chi connectivity index (χ0n) is 25.5. The van der Waals surface area contributed by atoms with Gasteiger partial charge in [0.1, 0.15) is 12.2 Å². The maximum absolute atomic E-state index is 13.5. The van der Waals surface area contributed by atoms with Crippen molar-refractivity contribution >= 4 is 29.5 Å². The molecule has 0 radical (unpaired) electrons. The zero-order chi connectivity index (χ0) is 30.8. The number of benzene rings is 4. The monoisotopic (exact) mass is 630 g/mol. The van der Waals surface area contributed by atoms with Crippen LogP contribution in [0.3, 0.4) is 0 Å². The Kier molecular flexibility index (Phi) is 14.9. The number of carbonyl (C=O) groups is 1. The fourth-order valence-corrected chi connectivity index (χ4v) is 7.39. The SMILES string of the molecule is CCSC(SCC)C(OCc1ccccc1)C(OCc1ccccc1)C(COCc1ccccc1)OC(=O)c1ccccc1. The van der Waals surface area contributed by atoms with E-state index in [1.165, 1.54) is 0 Å². The lowest BCUT2D eigenvalue weighted by molar-refractivity contribution is -0.145. The van der Waals surface area contributed by atoms with Crippen LogP contribution in [-0.2, 0) is 38.8 Å². The van der Waals surface area contributed by atoms with Crippen LogP contribution in [0.1, 0.15) is 40.9 Å². The standard InChI is InChI=1S/C37H42O5S2/c1-3-43-37(44-4-2)35(41-27-31-21-13-7-14-22-31)34(40-26-30-19-11-6-12-20-30)33(28-39-25-29-17-9-5-10-18-29)42-36(38)32-23-15-8-16-24-32/h5-24,33-35,37H,3-4,25-28H2,1-2H3. The van der Waals surface area contributed by atoms with Gasteiger partial charge in [0.25, 0.3) is 0 Å². The highest BCUT2D eigenvalue weighted by Crippen LogP contribution is 2.34. The molecule has 0 aliphatic carbocycles. The average Bonchev–Trinajstić information content (AvgIpc) is 3.07. The maximum atomic E-state index is 13.5. The molecule has 44 heavy (non-hydrogen) atoms. The molecular formula is C37H42O5S2. The summed E-state index contributed by atoms with van der Waals surface area (Å²) in [7, 11) is 0. The number of ether oxygens (including phenoxy) is 4. The molecule has 7 heteroatoms. The van der Waals surface area contributed by atoms with Crippen LogP contribution in [0.15, 0.2) is 121 Å². The topological polar surface area (TPSA) is 54.0 Å². The lowest BCUT2D eigenvalue weighted by Crippen LogP contribution is -2.49. The summed E-state index contributed by atoms with van der Waals surface area (Å²) in [6.07, 6.45) is -1.73. The number of rotatable bonds is 19. The summed E-state index contributed by atoms with van der Waals surface area (Å²) in [6, 6.07) is 39.2. The normalized spacial score (nSPS) is 13.3. The van der Waals surface area contributed by atoms with Crippen LogP contribution in [0.25, 0.3) is 0 Å². The largest absolute Gasteiger partial charge is 0.453 e. The first-order valence-electron chi connectivity index (χ1n) is 15.1. The Morgan fingerprint density at radius 3 is 1.50 bits per heavy atom. The Morgan fingerprint density at radius 2 is 1.02 bits per heavy atom. The summed E-state index contributed by atoms with van der Waals surface area (Å²) < 4.78 is 26.1. The van der Waals surface area contributed by atoms with Gasteiger partial charge in [-0.05, 0) is 40.3 Å². The van der Waals surface area contributed by atoms with Gasteiger partial charge in [0.15, 0.2) is 6.10 Å². The molecule has 4 aromatic carbocycles. The average molecular weight is 631 g/mol. The van der Waals surface area contributed by atoms with Gasteiger partial charge < -0.3 is 18.9 Å². The molecule has 232 valence electrons. The molecular weight excluding hydrogens is 589 g/mol. The van der Waals surface area contributed by atoms with E-state index in [1.807, 2.05) is 121 Å². The highest BCUT2D eigenvalue weighted by atomic mass is 32.2. The summed E-state index contributed by atoms with van der Waals surface area (Å²) in [4.78, 5) is 13.5. The van der Waals surface area contributed by atoms with Gasteiger partial charge in [0, 0.05) is 0 Å². The highest BCUT2D eigenvalue weighted by Gasteiger charge is 2.39. The van der Waals surface area contributed by atoms with E-state index in [1.54, 1.807) is 12.1 Å². The maximum Gasteiger partial charge on any atom is 0.338 e. The van der Waals surface area contributed by atoms with E-state index in [4.69, 9.17) is 18.9 Å². The third-order valence-electron chi connectivity index (χ3n) is 6.85. The van der Waals surface area contributed by atoms with E-state index >= 15 is 0 Å². The molecule has 5 nitrogen and oxygen atoms in total. The number of hydrogen-bond acceptors (Lipinski definition) is 7. The second-order valence-electron chi connectivity index (χ2n) is 10.1. The van der Waals surface area contributed by atoms with Crippen LogP contribution in [-0.4, -0.2) is 47.0 Å². The second kappa shape index (κ2) is 19.3. The van der Waals surface area contributed by atoms with Crippen LogP contribution in [0.2, 0.25) is 0 Å². The van der Waals surface area contributed by atoms with Gasteiger partial charge in [0.2, 0.25) is 0 Å². The molecule has 0 fully saturated rings. The fraction of sp³-hybridized carbons (Fsp3) is 0.324. The van der Waals surface area contributed by atoms with Crippen molar-refractivity contribution in [2.45, 2.75) is 56.6 Å². The smallest absolute Gasteiger partial charge is 0.338 e. The number of carbonyl (C=O) groups excluding carboxylic acids is 1. The summed E-state index contributed by atoms with van der Waals surface area (Å²) in [5.41, 5.74) is 3.62. The number of hydrogen-bond donors (Lipinski definition) is 0. The Hall–Kier alpha value is -3.07. The van der Waals surface area contributed by atoms with Crippen LogP contribution in [0, 0.1) is 0 Å². The Morgan fingerprint density at radius 1 is 0.591 bits per heavy atom. The first-order chi connectivity index (χ1) is 21.7. The molecule has 0 saturated heterocycles. The molecule has 4 aromatic rings. The van der Waals surface area contributed by atoms with Crippen molar-refractivity contribution in [1.82, 2.24) is 0 Å². The van der Waals surface area contributed by atoms with Gasteiger partial charge in [-0.15, -0.1) is 23.5 Å². The molecule has 0 spiro atoms. The molecule has 0 heterocycles. The fourth-order valence-electron chi connectivity index (χ4n) is 4.68. The third-order valence-corrected chi connectivity index (χ3v) is 9.53.